The number of rotatable bonds is 5. The molecule has 0 radical (unpaired) electrons. The van der Waals surface area contributed by atoms with Crippen LogP contribution in [-0.2, 0) is 20.8 Å². The minimum atomic E-state index is -4.65. The van der Waals surface area contributed by atoms with E-state index < -0.39 is 37.1 Å². The lowest BCUT2D eigenvalue weighted by molar-refractivity contribution is -0.137. The third-order valence-electron chi connectivity index (χ3n) is 6.71. The lowest BCUT2D eigenvalue weighted by atomic mass is 9.85. The van der Waals surface area contributed by atoms with E-state index in [1.54, 1.807) is 11.1 Å². The van der Waals surface area contributed by atoms with Crippen LogP contribution in [0.15, 0.2) is 77.8 Å². The average molecular weight is 519 g/mol. The third kappa shape index (κ3) is 5.16. The first kappa shape index (κ1) is 27.4. The summed E-state index contributed by atoms with van der Waals surface area (Å²) < 4.78 is 64.7. The lowest BCUT2D eigenvalue weighted by Crippen LogP contribution is -2.48. The molecule has 9 heteroatoms. The van der Waals surface area contributed by atoms with Crippen molar-refractivity contribution in [1.82, 2.24) is 4.98 Å². The number of pyridine rings is 1. The zero-order chi connectivity index (χ0) is 25.4. The van der Waals surface area contributed by atoms with E-state index in [-0.39, 0.29) is 19.8 Å². The van der Waals surface area contributed by atoms with Gasteiger partial charge >= 0.3 is 6.18 Å². The number of anilines is 1. The van der Waals surface area contributed by atoms with E-state index in [0.29, 0.717) is 24.7 Å². The molecule has 1 aliphatic heterocycles. The molecule has 3 aromatic rings. The van der Waals surface area contributed by atoms with Crippen molar-refractivity contribution in [3.05, 3.63) is 78.5 Å². The summed E-state index contributed by atoms with van der Waals surface area (Å²) in [6.07, 6.45) is -2.57. The molecule has 1 saturated heterocycles. The van der Waals surface area contributed by atoms with Crippen molar-refractivity contribution in [1.29, 1.82) is 0 Å². The second-order valence-corrected chi connectivity index (χ2v) is 11.7. The largest absolute Gasteiger partial charge is 0.416 e. The first-order valence-electron chi connectivity index (χ1n) is 11.1. The van der Waals surface area contributed by atoms with Crippen LogP contribution in [0.2, 0.25) is 0 Å². The van der Waals surface area contributed by atoms with E-state index in [0.717, 1.165) is 23.4 Å². The van der Waals surface area contributed by atoms with Gasteiger partial charge in [-0.15, -0.1) is 0 Å². The molecule has 1 amide bonds. The molecular formula is C27H29F3N2O3S. The molecule has 1 fully saturated rings. The van der Waals surface area contributed by atoms with Gasteiger partial charge < -0.3 is 4.90 Å². The van der Waals surface area contributed by atoms with Gasteiger partial charge in [0.15, 0.2) is 9.84 Å². The van der Waals surface area contributed by atoms with E-state index >= 15 is 0 Å². The van der Waals surface area contributed by atoms with Crippen molar-refractivity contribution < 1.29 is 26.4 Å². The molecular weight excluding hydrogens is 489 g/mol. The Balaban J connectivity index is 0.00000361. The topological polar surface area (TPSA) is 67.3 Å². The first-order valence-corrected chi connectivity index (χ1v) is 12.6. The number of nitrogens with zero attached hydrogens (tertiary/aromatic N) is 2. The van der Waals surface area contributed by atoms with Crippen LogP contribution in [0.4, 0.5) is 18.9 Å². The van der Waals surface area contributed by atoms with Gasteiger partial charge in [0.1, 0.15) is 0 Å². The minimum Gasteiger partial charge on any atom is -0.312 e. The fourth-order valence-electron chi connectivity index (χ4n) is 4.41. The molecule has 0 bridgehead atoms. The highest BCUT2D eigenvalue weighted by Gasteiger charge is 2.46. The summed E-state index contributed by atoms with van der Waals surface area (Å²) >= 11 is 0. The molecule has 36 heavy (non-hydrogen) atoms. The number of hydrogen-bond donors (Lipinski definition) is 0. The zero-order valence-electron chi connectivity index (χ0n) is 19.3. The maximum atomic E-state index is 13.4. The predicted octanol–water partition coefficient (Wildman–Crippen LogP) is 6.40. The molecule has 192 valence electrons. The standard InChI is InChI=1S/C26H25F3N2O3S.CH4/c1-25(2,35(33,34)22-7-5-6-20(16-22)26(27,28)29)19-13-15-31(24(32)17-19)21-11-9-18(10-12-21)23-8-3-4-14-30-23;/h3-12,14,16,19H,13,15,17H2,1-2H3;1H4/t19-;/m1./s1. The molecule has 0 N–H and O–H groups in total. The van der Waals surface area contributed by atoms with E-state index in [9.17, 15) is 26.4 Å². The number of carbonyl (C=O) groups is 1. The van der Waals surface area contributed by atoms with Crippen LogP contribution in [-0.4, -0.2) is 30.6 Å². The Hall–Kier alpha value is -3.20. The highest BCUT2D eigenvalue weighted by molar-refractivity contribution is 7.92. The van der Waals surface area contributed by atoms with E-state index in [1.807, 2.05) is 42.5 Å². The number of halogens is 3. The maximum absolute atomic E-state index is 13.4. The molecule has 0 aliphatic carbocycles. The van der Waals surface area contributed by atoms with Gasteiger partial charge in [0.2, 0.25) is 5.91 Å². The van der Waals surface area contributed by atoms with Crippen molar-refractivity contribution in [3.8, 4) is 11.3 Å². The Bertz CT molecular complexity index is 1320. The average Bonchev–Trinajstić information content (AvgIpc) is 2.84. The Morgan fingerprint density at radius 1 is 0.972 bits per heavy atom. The molecule has 0 spiro atoms. The van der Waals surface area contributed by atoms with Crippen LogP contribution in [0.5, 0.6) is 0 Å². The summed E-state index contributed by atoms with van der Waals surface area (Å²) in [5, 5.41) is 0. The van der Waals surface area contributed by atoms with Crippen LogP contribution < -0.4 is 4.90 Å². The van der Waals surface area contributed by atoms with Crippen LogP contribution in [0.3, 0.4) is 0 Å². The summed E-state index contributed by atoms with van der Waals surface area (Å²) in [6, 6.07) is 16.8. The van der Waals surface area contributed by atoms with Crippen LogP contribution >= 0.6 is 0 Å². The lowest BCUT2D eigenvalue weighted by Gasteiger charge is -2.39. The van der Waals surface area contributed by atoms with Gasteiger partial charge in [0.05, 0.1) is 20.9 Å². The fourth-order valence-corrected chi connectivity index (χ4v) is 6.19. The molecule has 2 aromatic carbocycles. The van der Waals surface area contributed by atoms with Crippen molar-refractivity contribution in [2.75, 3.05) is 11.4 Å². The van der Waals surface area contributed by atoms with Gasteiger partial charge in [-0.25, -0.2) is 8.42 Å². The summed E-state index contributed by atoms with van der Waals surface area (Å²) in [5.74, 6) is -0.766. The van der Waals surface area contributed by atoms with Crippen LogP contribution in [0.25, 0.3) is 11.3 Å². The number of piperidine rings is 1. The number of carbonyl (C=O) groups excluding carboxylic acids is 1. The Morgan fingerprint density at radius 3 is 2.25 bits per heavy atom. The fraction of sp³-hybridized carbons (Fsp3) is 0.333. The van der Waals surface area contributed by atoms with Crippen molar-refractivity contribution in [2.45, 2.75) is 49.9 Å². The minimum absolute atomic E-state index is 0. The SMILES string of the molecule is C.CC(C)([C@@H]1CCN(c2ccc(-c3ccccn3)cc2)C(=O)C1)S(=O)(=O)c1cccc(C(F)(F)F)c1. The molecule has 1 aromatic heterocycles. The van der Waals surface area contributed by atoms with E-state index in [2.05, 4.69) is 4.98 Å². The highest BCUT2D eigenvalue weighted by Crippen LogP contribution is 2.40. The van der Waals surface area contributed by atoms with E-state index in [4.69, 9.17) is 0 Å². The molecule has 5 nitrogen and oxygen atoms in total. The highest BCUT2D eigenvalue weighted by atomic mass is 32.2. The molecule has 0 unspecified atom stereocenters. The van der Waals surface area contributed by atoms with Gasteiger partial charge in [0, 0.05) is 30.4 Å². The van der Waals surface area contributed by atoms with Crippen LogP contribution in [0, 0.1) is 5.92 Å². The Kier molecular flexibility index (Phi) is 7.64. The molecule has 2 heterocycles. The van der Waals surface area contributed by atoms with Crippen molar-refractivity contribution in [3.63, 3.8) is 0 Å². The van der Waals surface area contributed by atoms with Gasteiger partial charge in [-0.3, -0.25) is 9.78 Å². The maximum Gasteiger partial charge on any atom is 0.416 e. The molecule has 4 rings (SSSR count). The van der Waals surface area contributed by atoms with E-state index in [1.165, 1.54) is 19.9 Å². The quantitative estimate of drug-likeness (QED) is 0.392. The number of aromatic nitrogens is 1. The number of amides is 1. The summed E-state index contributed by atoms with van der Waals surface area (Å²) in [5.41, 5.74) is 1.40. The Morgan fingerprint density at radius 2 is 1.67 bits per heavy atom. The summed E-state index contributed by atoms with van der Waals surface area (Å²) in [4.78, 5) is 18.6. The smallest absolute Gasteiger partial charge is 0.312 e. The second kappa shape index (κ2) is 10.0. The van der Waals surface area contributed by atoms with Gasteiger partial charge in [-0.1, -0.05) is 31.7 Å². The monoisotopic (exact) mass is 518 g/mol. The normalized spacial score (nSPS) is 17.0. The second-order valence-electron chi connectivity index (χ2n) is 9.13. The summed E-state index contributed by atoms with van der Waals surface area (Å²) in [7, 11) is -4.14. The molecule has 1 atom stereocenters. The van der Waals surface area contributed by atoms with Gasteiger partial charge in [-0.2, -0.15) is 13.2 Å². The van der Waals surface area contributed by atoms with Crippen LogP contribution in [0.1, 0.15) is 39.7 Å². The number of benzene rings is 2. The Labute approximate surface area is 209 Å². The predicted molar refractivity (Wildman–Crippen MR) is 134 cm³/mol. The first-order chi connectivity index (χ1) is 16.4. The number of alkyl halides is 3. The number of sulfone groups is 1. The van der Waals surface area contributed by atoms with Crippen molar-refractivity contribution in [2.24, 2.45) is 5.92 Å². The number of hydrogen-bond acceptors (Lipinski definition) is 4. The summed E-state index contributed by atoms with van der Waals surface area (Å²) in [6.45, 7) is 3.28. The third-order valence-corrected chi connectivity index (χ3v) is 9.30. The zero-order valence-corrected chi connectivity index (χ0v) is 20.1. The molecule has 0 saturated carbocycles. The van der Waals surface area contributed by atoms with Crippen molar-refractivity contribution >= 4 is 21.4 Å². The van der Waals surface area contributed by atoms with Gasteiger partial charge in [0.25, 0.3) is 0 Å². The molecule has 1 aliphatic rings. The van der Waals surface area contributed by atoms with Gasteiger partial charge in [-0.05, 0) is 68.7 Å².